The molecule has 1 amide bonds. The summed E-state index contributed by atoms with van der Waals surface area (Å²) in [5.41, 5.74) is 12.1. The van der Waals surface area contributed by atoms with E-state index in [1.165, 1.54) is 0 Å². The van der Waals surface area contributed by atoms with E-state index >= 15 is 0 Å². The van der Waals surface area contributed by atoms with Crippen LogP contribution in [0, 0.1) is 6.92 Å². The number of carbonyl (C=O) groups excluding carboxylic acids is 2. The molecule has 0 atom stereocenters. The summed E-state index contributed by atoms with van der Waals surface area (Å²) in [6.45, 7) is 2.89. The second kappa shape index (κ2) is 9.99. The van der Waals surface area contributed by atoms with Gasteiger partial charge in [-0.25, -0.2) is 0 Å². The Morgan fingerprint density at radius 3 is 2.31 bits per heavy atom. The van der Waals surface area contributed by atoms with Crippen molar-refractivity contribution in [2.24, 2.45) is 5.73 Å². The Labute approximate surface area is 217 Å². The lowest BCUT2D eigenvalue weighted by molar-refractivity contribution is -0.144. The van der Waals surface area contributed by atoms with Crippen molar-refractivity contribution in [1.82, 2.24) is 4.57 Å². The van der Waals surface area contributed by atoms with Crippen LogP contribution in [-0.4, -0.2) is 16.4 Å². The zero-order chi connectivity index (χ0) is 25.2. The predicted octanol–water partition coefficient (Wildman–Crippen LogP) is 6.30. The normalized spacial score (nSPS) is 11.2. The summed E-state index contributed by atoms with van der Waals surface area (Å²) in [7, 11) is 0. The molecule has 180 valence electrons. The second-order valence-corrected chi connectivity index (χ2v) is 9.87. The molecule has 2 N–H and O–H groups in total. The van der Waals surface area contributed by atoms with E-state index in [0.29, 0.717) is 12.1 Å². The fourth-order valence-electron chi connectivity index (χ4n) is 4.54. The van der Waals surface area contributed by atoms with Gasteiger partial charge in [0.1, 0.15) is 6.61 Å². The minimum absolute atomic E-state index is 0.135. The van der Waals surface area contributed by atoms with E-state index in [-0.39, 0.29) is 19.0 Å². The van der Waals surface area contributed by atoms with Crippen molar-refractivity contribution in [2.45, 2.75) is 26.5 Å². The molecule has 0 fully saturated rings. The van der Waals surface area contributed by atoms with Crippen LogP contribution in [-0.2, 0) is 29.1 Å². The van der Waals surface area contributed by atoms with E-state index in [9.17, 15) is 9.59 Å². The maximum absolute atomic E-state index is 12.6. The molecule has 1 aromatic heterocycles. The molecule has 4 aromatic carbocycles. The molecule has 5 rings (SSSR count). The van der Waals surface area contributed by atoms with Gasteiger partial charge in [0.15, 0.2) is 0 Å². The van der Waals surface area contributed by atoms with Crippen LogP contribution >= 0.6 is 15.9 Å². The molecule has 6 heteroatoms. The highest BCUT2D eigenvalue weighted by Crippen LogP contribution is 2.35. The number of esters is 1. The molecule has 36 heavy (non-hydrogen) atoms. The topological polar surface area (TPSA) is 74.3 Å². The molecule has 0 radical (unpaired) electrons. The summed E-state index contributed by atoms with van der Waals surface area (Å²) in [6.07, 6.45) is 0.135. The summed E-state index contributed by atoms with van der Waals surface area (Å²) >= 11 is 3.53. The van der Waals surface area contributed by atoms with Crippen molar-refractivity contribution in [2.75, 3.05) is 0 Å². The second-order valence-electron chi connectivity index (χ2n) is 8.96. The maximum atomic E-state index is 12.6. The highest BCUT2D eigenvalue weighted by atomic mass is 79.9. The number of nitrogens with two attached hydrogens (primary N) is 1. The van der Waals surface area contributed by atoms with Crippen LogP contribution in [0.4, 0.5) is 0 Å². The Morgan fingerprint density at radius 2 is 1.58 bits per heavy atom. The van der Waals surface area contributed by atoms with Crippen molar-refractivity contribution in [1.29, 1.82) is 0 Å². The average molecular weight is 541 g/mol. The Balaban J connectivity index is 1.52. The van der Waals surface area contributed by atoms with Crippen LogP contribution in [0.1, 0.15) is 32.6 Å². The third-order valence-corrected chi connectivity index (χ3v) is 6.77. The molecule has 0 unspecified atom stereocenters. The zero-order valence-corrected chi connectivity index (χ0v) is 21.4. The Morgan fingerprint density at radius 1 is 0.861 bits per heavy atom. The van der Waals surface area contributed by atoms with Gasteiger partial charge in [-0.1, -0.05) is 82.2 Å². The first-order valence-corrected chi connectivity index (χ1v) is 12.5. The van der Waals surface area contributed by atoms with E-state index in [1.54, 1.807) is 6.07 Å². The lowest BCUT2D eigenvalue weighted by Crippen LogP contribution is -2.11. The van der Waals surface area contributed by atoms with Crippen LogP contribution in [0.25, 0.3) is 21.8 Å². The number of hydrogen-bond donors (Lipinski definition) is 1. The van der Waals surface area contributed by atoms with Gasteiger partial charge >= 0.3 is 5.97 Å². The number of halogens is 1. The standard InChI is InChI=1S/C30H25BrN2O3/c1-19-7-9-21(10-8-19)18-36-28(34)14-22-11-12-26-24(13-22)29-25(30(32)35)15-23(31)16-27(29)33(26)17-20-5-3-2-4-6-20/h2-13,15-16H,14,17-18H2,1H3,(H2,32,35). The van der Waals surface area contributed by atoms with Gasteiger partial charge in [0.2, 0.25) is 5.91 Å². The first-order valence-electron chi connectivity index (χ1n) is 11.7. The molecule has 0 saturated carbocycles. The fourth-order valence-corrected chi connectivity index (χ4v) is 4.99. The molecule has 0 aliphatic carbocycles. The zero-order valence-electron chi connectivity index (χ0n) is 19.8. The van der Waals surface area contributed by atoms with Crippen LogP contribution in [0.5, 0.6) is 0 Å². The van der Waals surface area contributed by atoms with Gasteiger partial charge in [-0.15, -0.1) is 0 Å². The van der Waals surface area contributed by atoms with E-state index in [2.05, 4.69) is 32.6 Å². The van der Waals surface area contributed by atoms with Gasteiger partial charge in [0.25, 0.3) is 0 Å². The van der Waals surface area contributed by atoms with E-state index in [0.717, 1.165) is 48.5 Å². The molecule has 0 spiro atoms. The minimum atomic E-state index is -0.497. The lowest BCUT2D eigenvalue weighted by Gasteiger charge is -2.09. The quantitative estimate of drug-likeness (QED) is 0.246. The summed E-state index contributed by atoms with van der Waals surface area (Å²) in [6, 6.07) is 27.7. The number of nitrogens with zero attached hydrogens (tertiary/aromatic N) is 1. The molecule has 0 saturated heterocycles. The van der Waals surface area contributed by atoms with Gasteiger partial charge in [-0.2, -0.15) is 0 Å². The van der Waals surface area contributed by atoms with Gasteiger partial charge in [0.05, 0.1) is 17.5 Å². The number of ether oxygens (including phenoxy) is 1. The number of fused-ring (bicyclic) bond motifs is 3. The number of benzene rings is 4. The summed E-state index contributed by atoms with van der Waals surface area (Å²) in [5, 5.41) is 1.66. The first kappa shape index (κ1) is 23.8. The average Bonchev–Trinajstić information content (AvgIpc) is 3.16. The van der Waals surface area contributed by atoms with Gasteiger partial charge in [-0.3, -0.25) is 9.59 Å². The SMILES string of the molecule is Cc1ccc(COC(=O)Cc2ccc3c(c2)c2c(C(N)=O)cc(Br)cc2n3Cc2ccccc2)cc1. The summed E-state index contributed by atoms with van der Waals surface area (Å²) in [5.74, 6) is -0.802. The molecule has 0 bridgehead atoms. The fraction of sp³-hybridized carbons (Fsp3) is 0.133. The maximum Gasteiger partial charge on any atom is 0.310 e. The van der Waals surface area contributed by atoms with Crippen LogP contribution in [0.3, 0.4) is 0 Å². The predicted molar refractivity (Wildman–Crippen MR) is 146 cm³/mol. The van der Waals surface area contributed by atoms with Gasteiger partial charge < -0.3 is 15.0 Å². The molecule has 1 heterocycles. The van der Waals surface area contributed by atoms with Crippen molar-refractivity contribution in [3.05, 3.63) is 117 Å². The van der Waals surface area contributed by atoms with E-state index in [1.807, 2.05) is 73.7 Å². The third kappa shape index (κ3) is 4.90. The molecular weight excluding hydrogens is 516 g/mol. The number of aromatic nitrogens is 1. The largest absolute Gasteiger partial charge is 0.461 e. The monoisotopic (exact) mass is 540 g/mol. The van der Waals surface area contributed by atoms with E-state index < -0.39 is 5.91 Å². The molecule has 5 nitrogen and oxygen atoms in total. The van der Waals surface area contributed by atoms with Crippen molar-refractivity contribution < 1.29 is 14.3 Å². The Kier molecular flexibility index (Phi) is 6.61. The molecule has 5 aromatic rings. The Hall–Kier alpha value is -3.90. The van der Waals surface area contributed by atoms with Crippen LogP contribution in [0.2, 0.25) is 0 Å². The summed E-state index contributed by atoms with van der Waals surface area (Å²) in [4.78, 5) is 25.0. The number of primary amides is 1. The van der Waals surface area contributed by atoms with Gasteiger partial charge in [-0.05, 0) is 47.9 Å². The smallest absolute Gasteiger partial charge is 0.310 e. The van der Waals surface area contributed by atoms with Gasteiger partial charge in [0, 0.05) is 27.3 Å². The van der Waals surface area contributed by atoms with E-state index in [4.69, 9.17) is 10.5 Å². The Bertz CT molecular complexity index is 1590. The number of hydrogen-bond acceptors (Lipinski definition) is 3. The lowest BCUT2D eigenvalue weighted by atomic mass is 10.0. The number of amides is 1. The van der Waals surface area contributed by atoms with Crippen molar-refractivity contribution in [3.63, 3.8) is 0 Å². The number of aryl methyl sites for hydroxylation is 1. The number of carbonyl (C=O) groups is 2. The van der Waals surface area contributed by atoms with Crippen molar-refractivity contribution >= 4 is 49.6 Å². The van der Waals surface area contributed by atoms with Crippen molar-refractivity contribution in [3.8, 4) is 0 Å². The molecule has 0 aliphatic heterocycles. The highest BCUT2D eigenvalue weighted by Gasteiger charge is 2.19. The number of rotatable bonds is 7. The third-order valence-electron chi connectivity index (χ3n) is 6.31. The molecular formula is C30H25BrN2O3. The van der Waals surface area contributed by atoms with Crippen LogP contribution < -0.4 is 5.73 Å². The highest BCUT2D eigenvalue weighted by molar-refractivity contribution is 9.10. The molecule has 0 aliphatic rings. The van der Waals surface area contributed by atoms with Crippen LogP contribution in [0.15, 0.2) is 89.4 Å². The summed E-state index contributed by atoms with van der Waals surface area (Å²) < 4.78 is 8.46. The first-order chi connectivity index (χ1) is 17.4. The minimum Gasteiger partial charge on any atom is -0.461 e.